The quantitative estimate of drug-likeness (QED) is 0.710. The van der Waals surface area contributed by atoms with Gasteiger partial charge in [-0.15, -0.1) is 11.8 Å². The first-order valence-electron chi connectivity index (χ1n) is 6.18. The zero-order valence-electron chi connectivity index (χ0n) is 10.3. The van der Waals surface area contributed by atoms with Crippen LogP contribution in [-0.2, 0) is 0 Å². The standard InChI is InChI=1S/C13H24N2/c1-4-7-8-9-15-11-12(5-2)14-10-13(15)6-3/h12-14H,5-6,8-11H2,1-3H3. The summed E-state index contributed by atoms with van der Waals surface area (Å²) in [5.41, 5.74) is 0. The average Bonchev–Trinajstić information content (AvgIpc) is 2.29. The molecule has 15 heavy (non-hydrogen) atoms. The maximum Gasteiger partial charge on any atom is 0.0219 e. The van der Waals surface area contributed by atoms with Crippen LogP contribution in [0.4, 0.5) is 0 Å². The summed E-state index contributed by atoms with van der Waals surface area (Å²) in [5.74, 6) is 6.13. The van der Waals surface area contributed by atoms with Crippen molar-refractivity contribution in [3.05, 3.63) is 0 Å². The highest BCUT2D eigenvalue weighted by atomic mass is 15.2. The molecule has 1 rings (SSSR count). The molecule has 2 atom stereocenters. The Bertz CT molecular complexity index is 226. The smallest absolute Gasteiger partial charge is 0.0219 e. The monoisotopic (exact) mass is 208 g/mol. The van der Waals surface area contributed by atoms with Crippen LogP contribution in [0.25, 0.3) is 0 Å². The number of nitrogens with zero attached hydrogens (tertiary/aromatic N) is 1. The Hall–Kier alpha value is -0.520. The number of piperazine rings is 1. The minimum absolute atomic E-state index is 0.683. The number of rotatable bonds is 4. The van der Waals surface area contributed by atoms with Gasteiger partial charge >= 0.3 is 0 Å². The highest BCUT2D eigenvalue weighted by molar-refractivity contribution is 4.96. The Morgan fingerprint density at radius 1 is 1.33 bits per heavy atom. The normalized spacial score (nSPS) is 27.1. The molecule has 0 aromatic rings. The summed E-state index contributed by atoms with van der Waals surface area (Å²) >= 11 is 0. The van der Waals surface area contributed by atoms with E-state index in [-0.39, 0.29) is 0 Å². The summed E-state index contributed by atoms with van der Waals surface area (Å²) < 4.78 is 0. The third kappa shape index (κ3) is 3.85. The molecule has 1 N–H and O–H groups in total. The van der Waals surface area contributed by atoms with E-state index >= 15 is 0 Å². The predicted molar refractivity (Wildman–Crippen MR) is 65.8 cm³/mol. The molecule has 0 aliphatic carbocycles. The van der Waals surface area contributed by atoms with E-state index in [4.69, 9.17) is 0 Å². The van der Waals surface area contributed by atoms with E-state index in [0.29, 0.717) is 12.1 Å². The van der Waals surface area contributed by atoms with Gasteiger partial charge in [0.05, 0.1) is 0 Å². The molecule has 1 aliphatic heterocycles. The molecule has 2 heteroatoms. The molecule has 1 saturated heterocycles. The van der Waals surface area contributed by atoms with Crippen LogP contribution in [0.15, 0.2) is 0 Å². The molecule has 0 spiro atoms. The molecule has 86 valence electrons. The van der Waals surface area contributed by atoms with Crippen LogP contribution in [0.3, 0.4) is 0 Å². The maximum absolute atomic E-state index is 3.61. The minimum Gasteiger partial charge on any atom is -0.311 e. The molecule has 1 fully saturated rings. The van der Waals surface area contributed by atoms with Crippen molar-refractivity contribution >= 4 is 0 Å². The molecule has 0 saturated carbocycles. The summed E-state index contributed by atoms with van der Waals surface area (Å²) in [6.07, 6.45) is 3.48. The van der Waals surface area contributed by atoms with Crippen molar-refractivity contribution in [2.45, 2.75) is 52.1 Å². The maximum atomic E-state index is 3.61. The fraction of sp³-hybridized carbons (Fsp3) is 0.846. The van der Waals surface area contributed by atoms with Gasteiger partial charge in [-0.05, 0) is 19.8 Å². The SMILES string of the molecule is CC#CCCN1CC(CC)NCC1CC. The molecule has 2 unspecified atom stereocenters. The van der Waals surface area contributed by atoms with Crippen molar-refractivity contribution in [1.29, 1.82) is 0 Å². The van der Waals surface area contributed by atoms with Gasteiger partial charge in [-0.25, -0.2) is 0 Å². The first kappa shape index (κ1) is 12.5. The minimum atomic E-state index is 0.683. The molecule has 1 aliphatic rings. The van der Waals surface area contributed by atoms with Gasteiger partial charge in [-0.1, -0.05) is 13.8 Å². The van der Waals surface area contributed by atoms with E-state index in [1.165, 1.54) is 19.4 Å². The van der Waals surface area contributed by atoms with Crippen molar-refractivity contribution in [2.75, 3.05) is 19.6 Å². The highest BCUT2D eigenvalue weighted by Crippen LogP contribution is 2.12. The van der Waals surface area contributed by atoms with Gasteiger partial charge in [0.25, 0.3) is 0 Å². The van der Waals surface area contributed by atoms with Crippen LogP contribution in [-0.4, -0.2) is 36.6 Å². The molecular weight excluding hydrogens is 184 g/mol. The van der Waals surface area contributed by atoms with Crippen LogP contribution >= 0.6 is 0 Å². The van der Waals surface area contributed by atoms with Gasteiger partial charge in [0.15, 0.2) is 0 Å². The van der Waals surface area contributed by atoms with E-state index in [9.17, 15) is 0 Å². The Kier molecular flexibility index (Phi) is 5.75. The van der Waals surface area contributed by atoms with Gasteiger partial charge in [0.1, 0.15) is 0 Å². The largest absolute Gasteiger partial charge is 0.311 e. The number of nitrogens with one attached hydrogen (secondary N) is 1. The molecule has 1 heterocycles. The summed E-state index contributed by atoms with van der Waals surface area (Å²) in [6, 6.07) is 1.40. The lowest BCUT2D eigenvalue weighted by Crippen LogP contribution is -2.56. The molecule has 0 amide bonds. The molecule has 2 nitrogen and oxygen atoms in total. The topological polar surface area (TPSA) is 15.3 Å². The lowest BCUT2D eigenvalue weighted by molar-refractivity contribution is 0.128. The second kappa shape index (κ2) is 6.87. The first-order valence-corrected chi connectivity index (χ1v) is 6.18. The predicted octanol–water partition coefficient (Wildman–Crippen LogP) is 1.86. The lowest BCUT2D eigenvalue weighted by atomic mass is 10.1. The van der Waals surface area contributed by atoms with E-state index in [0.717, 1.165) is 19.5 Å². The molecule has 0 bridgehead atoms. The summed E-state index contributed by atoms with van der Waals surface area (Å²) in [6.45, 7) is 9.93. The Labute approximate surface area is 94.4 Å². The molecular formula is C13H24N2. The van der Waals surface area contributed by atoms with Gasteiger partial charge in [0.2, 0.25) is 0 Å². The van der Waals surface area contributed by atoms with Gasteiger partial charge in [-0.2, -0.15) is 0 Å². The third-order valence-electron chi connectivity index (χ3n) is 3.28. The second-order valence-corrected chi connectivity index (χ2v) is 4.25. The third-order valence-corrected chi connectivity index (χ3v) is 3.28. The number of hydrogen-bond acceptors (Lipinski definition) is 2. The summed E-state index contributed by atoms with van der Waals surface area (Å²) in [7, 11) is 0. The van der Waals surface area contributed by atoms with Crippen LogP contribution in [0, 0.1) is 11.8 Å². The van der Waals surface area contributed by atoms with Crippen molar-refractivity contribution in [1.82, 2.24) is 10.2 Å². The molecule has 0 aromatic carbocycles. The summed E-state index contributed by atoms with van der Waals surface area (Å²) in [5, 5.41) is 3.61. The fourth-order valence-electron chi connectivity index (χ4n) is 2.20. The zero-order valence-corrected chi connectivity index (χ0v) is 10.3. The lowest BCUT2D eigenvalue weighted by Gasteiger charge is -2.39. The van der Waals surface area contributed by atoms with E-state index in [1.807, 2.05) is 6.92 Å². The van der Waals surface area contributed by atoms with Gasteiger partial charge < -0.3 is 5.32 Å². The van der Waals surface area contributed by atoms with Crippen molar-refractivity contribution in [3.63, 3.8) is 0 Å². The van der Waals surface area contributed by atoms with Crippen LogP contribution in [0.5, 0.6) is 0 Å². The Balaban J connectivity index is 2.42. The second-order valence-electron chi connectivity index (χ2n) is 4.25. The van der Waals surface area contributed by atoms with Crippen molar-refractivity contribution < 1.29 is 0 Å². The number of hydrogen-bond donors (Lipinski definition) is 1. The van der Waals surface area contributed by atoms with Crippen LogP contribution in [0.1, 0.15) is 40.0 Å². The van der Waals surface area contributed by atoms with Gasteiger partial charge in [0, 0.05) is 38.1 Å². The fourth-order valence-corrected chi connectivity index (χ4v) is 2.20. The van der Waals surface area contributed by atoms with Gasteiger partial charge in [-0.3, -0.25) is 4.90 Å². The average molecular weight is 208 g/mol. The van der Waals surface area contributed by atoms with Crippen molar-refractivity contribution in [3.8, 4) is 11.8 Å². The van der Waals surface area contributed by atoms with Crippen LogP contribution in [0.2, 0.25) is 0 Å². The Morgan fingerprint density at radius 2 is 2.13 bits per heavy atom. The van der Waals surface area contributed by atoms with E-state index in [1.54, 1.807) is 0 Å². The highest BCUT2D eigenvalue weighted by Gasteiger charge is 2.24. The molecule has 0 aromatic heterocycles. The van der Waals surface area contributed by atoms with E-state index < -0.39 is 0 Å². The molecule has 0 radical (unpaired) electrons. The Morgan fingerprint density at radius 3 is 2.73 bits per heavy atom. The first-order chi connectivity index (χ1) is 7.31. The van der Waals surface area contributed by atoms with E-state index in [2.05, 4.69) is 35.9 Å². The zero-order chi connectivity index (χ0) is 11.1. The van der Waals surface area contributed by atoms with Crippen LogP contribution < -0.4 is 5.32 Å². The summed E-state index contributed by atoms with van der Waals surface area (Å²) in [4.78, 5) is 2.61. The van der Waals surface area contributed by atoms with Crippen molar-refractivity contribution in [2.24, 2.45) is 0 Å².